The van der Waals surface area contributed by atoms with Crippen molar-refractivity contribution in [2.45, 2.75) is 13.3 Å². The molecule has 0 saturated heterocycles. The van der Waals surface area contributed by atoms with E-state index in [0.717, 1.165) is 25.1 Å². The molecule has 4 heteroatoms. The third-order valence-corrected chi connectivity index (χ3v) is 3.21. The molecule has 2 N–H and O–H groups in total. The Balaban J connectivity index is 1.59. The Labute approximate surface area is 125 Å². The van der Waals surface area contributed by atoms with Gasteiger partial charge < -0.3 is 10.6 Å². The molecule has 0 atom stereocenters. The summed E-state index contributed by atoms with van der Waals surface area (Å²) in [5.41, 5.74) is 3.08. The first-order valence-corrected chi connectivity index (χ1v) is 7.20. The molecule has 0 saturated carbocycles. The summed E-state index contributed by atoms with van der Waals surface area (Å²) >= 11 is 0. The number of hydrogen-bond acceptors (Lipinski definition) is 3. The second-order valence-electron chi connectivity index (χ2n) is 4.98. The van der Waals surface area contributed by atoms with Crippen LogP contribution < -0.4 is 10.6 Å². The molecule has 2 rings (SSSR count). The summed E-state index contributed by atoms with van der Waals surface area (Å²) in [6.07, 6.45) is 4.60. The zero-order valence-corrected chi connectivity index (χ0v) is 12.3. The lowest BCUT2D eigenvalue weighted by Crippen LogP contribution is -2.32. The van der Waals surface area contributed by atoms with Crippen LogP contribution in [0.2, 0.25) is 0 Å². The molecule has 0 spiro atoms. The van der Waals surface area contributed by atoms with Crippen molar-refractivity contribution in [3.8, 4) is 0 Å². The molecule has 1 heterocycles. The van der Waals surface area contributed by atoms with Gasteiger partial charge in [0, 0.05) is 31.0 Å². The normalized spacial score (nSPS) is 10.3. The average molecular weight is 283 g/mol. The highest BCUT2D eigenvalue weighted by Gasteiger charge is 2.03. The van der Waals surface area contributed by atoms with E-state index in [-0.39, 0.29) is 5.91 Å². The van der Waals surface area contributed by atoms with Gasteiger partial charge in [0.25, 0.3) is 5.91 Å². The van der Waals surface area contributed by atoms with Crippen LogP contribution in [0, 0.1) is 6.92 Å². The highest BCUT2D eigenvalue weighted by molar-refractivity contribution is 5.94. The lowest BCUT2D eigenvalue weighted by atomic mass is 10.1. The van der Waals surface area contributed by atoms with Crippen LogP contribution in [0.4, 0.5) is 0 Å². The van der Waals surface area contributed by atoms with Crippen LogP contribution in [0.3, 0.4) is 0 Å². The average Bonchev–Trinajstić information content (AvgIpc) is 2.52. The van der Waals surface area contributed by atoms with E-state index in [4.69, 9.17) is 0 Å². The van der Waals surface area contributed by atoms with Gasteiger partial charge in [-0.05, 0) is 43.7 Å². The number of nitrogens with zero attached hydrogens (tertiary/aromatic N) is 1. The lowest BCUT2D eigenvalue weighted by molar-refractivity contribution is 0.0954. The maximum atomic E-state index is 11.9. The summed E-state index contributed by atoms with van der Waals surface area (Å²) in [4.78, 5) is 15.9. The number of carbonyl (C=O) groups excluding carboxylic acids is 1. The largest absolute Gasteiger partial charge is 0.351 e. The molecule has 110 valence electrons. The van der Waals surface area contributed by atoms with Gasteiger partial charge in [0.2, 0.25) is 0 Å². The molecule has 0 radical (unpaired) electrons. The maximum absolute atomic E-state index is 11.9. The summed E-state index contributed by atoms with van der Waals surface area (Å²) in [6, 6.07) is 11.6. The molecule has 0 aliphatic rings. The van der Waals surface area contributed by atoms with Gasteiger partial charge in [0.1, 0.15) is 0 Å². The van der Waals surface area contributed by atoms with E-state index in [2.05, 4.69) is 21.7 Å². The summed E-state index contributed by atoms with van der Waals surface area (Å²) in [5.74, 6) is -0.0240. The van der Waals surface area contributed by atoms with Gasteiger partial charge in [-0.15, -0.1) is 0 Å². The second kappa shape index (κ2) is 8.17. The number of aryl methyl sites for hydroxylation is 1. The van der Waals surface area contributed by atoms with Crippen molar-refractivity contribution < 1.29 is 4.79 Å². The van der Waals surface area contributed by atoms with Crippen molar-refractivity contribution in [1.82, 2.24) is 15.6 Å². The fraction of sp³-hybridized carbons (Fsp3) is 0.294. The monoisotopic (exact) mass is 283 g/mol. The molecule has 4 nitrogen and oxygen atoms in total. The number of rotatable bonds is 7. The SMILES string of the molecule is Cc1ccc(C(=O)NCCNCCc2cccnc2)cc1. The molecular weight excluding hydrogens is 262 g/mol. The molecule has 0 bridgehead atoms. The number of hydrogen-bond donors (Lipinski definition) is 2. The van der Waals surface area contributed by atoms with Crippen LogP contribution in [0.5, 0.6) is 0 Å². The van der Waals surface area contributed by atoms with Crippen LogP contribution in [-0.2, 0) is 6.42 Å². The van der Waals surface area contributed by atoms with E-state index in [0.29, 0.717) is 12.1 Å². The predicted molar refractivity (Wildman–Crippen MR) is 84.3 cm³/mol. The minimum atomic E-state index is -0.0240. The Hall–Kier alpha value is -2.20. The van der Waals surface area contributed by atoms with Crippen molar-refractivity contribution in [3.63, 3.8) is 0 Å². The van der Waals surface area contributed by atoms with Gasteiger partial charge in [-0.25, -0.2) is 0 Å². The molecule has 2 aromatic rings. The molecule has 0 unspecified atom stereocenters. The first-order valence-electron chi connectivity index (χ1n) is 7.20. The van der Waals surface area contributed by atoms with E-state index >= 15 is 0 Å². The highest BCUT2D eigenvalue weighted by Crippen LogP contribution is 2.02. The number of amides is 1. The molecule has 0 aliphatic heterocycles. The van der Waals surface area contributed by atoms with Crippen molar-refractivity contribution in [2.24, 2.45) is 0 Å². The summed E-state index contributed by atoms with van der Waals surface area (Å²) in [6.45, 7) is 4.28. The quantitative estimate of drug-likeness (QED) is 0.764. The van der Waals surface area contributed by atoms with E-state index in [1.54, 1.807) is 6.20 Å². The second-order valence-corrected chi connectivity index (χ2v) is 4.98. The van der Waals surface area contributed by atoms with Gasteiger partial charge in [0.15, 0.2) is 0 Å². The third kappa shape index (κ3) is 5.36. The number of nitrogens with one attached hydrogen (secondary N) is 2. The lowest BCUT2D eigenvalue weighted by Gasteiger charge is -2.07. The summed E-state index contributed by atoms with van der Waals surface area (Å²) < 4.78 is 0. The zero-order valence-electron chi connectivity index (χ0n) is 12.3. The number of benzene rings is 1. The molecule has 0 fully saturated rings. The smallest absolute Gasteiger partial charge is 0.251 e. The number of pyridine rings is 1. The zero-order chi connectivity index (χ0) is 14.9. The van der Waals surface area contributed by atoms with E-state index < -0.39 is 0 Å². The third-order valence-electron chi connectivity index (χ3n) is 3.21. The Morgan fingerprint density at radius 3 is 2.62 bits per heavy atom. The van der Waals surface area contributed by atoms with Gasteiger partial charge in [-0.2, -0.15) is 0 Å². The Morgan fingerprint density at radius 1 is 1.10 bits per heavy atom. The summed E-state index contributed by atoms with van der Waals surface area (Å²) in [5, 5.41) is 6.21. The van der Waals surface area contributed by atoms with Crippen LogP contribution in [-0.4, -0.2) is 30.5 Å². The molecule has 1 amide bonds. The van der Waals surface area contributed by atoms with Crippen molar-refractivity contribution >= 4 is 5.91 Å². The highest BCUT2D eigenvalue weighted by atomic mass is 16.1. The van der Waals surface area contributed by atoms with Crippen LogP contribution in [0.15, 0.2) is 48.8 Å². The molecule has 1 aromatic heterocycles. The Kier molecular flexibility index (Phi) is 5.91. The molecule has 0 aliphatic carbocycles. The van der Waals surface area contributed by atoms with Crippen molar-refractivity contribution in [3.05, 3.63) is 65.5 Å². The summed E-state index contributed by atoms with van der Waals surface area (Å²) in [7, 11) is 0. The fourth-order valence-corrected chi connectivity index (χ4v) is 1.98. The standard InChI is InChI=1S/C17H21N3O/c1-14-4-6-16(7-5-14)17(21)20-12-11-18-10-8-15-3-2-9-19-13-15/h2-7,9,13,18H,8,10-12H2,1H3,(H,20,21). The van der Waals surface area contributed by atoms with Gasteiger partial charge in [-0.3, -0.25) is 9.78 Å². The van der Waals surface area contributed by atoms with Gasteiger partial charge in [-0.1, -0.05) is 23.8 Å². The molecular formula is C17H21N3O. The maximum Gasteiger partial charge on any atom is 0.251 e. The van der Waals surface area contributed by atoms with E-state index in [1.165, 1.54) is 5.56 Å². The topological polar surface area (TPSA) is 54.0 Å². The Bertz CT molecular complexity index is 552. The van der Waals surface area contributed by atoms with E-state index in [9.17, 15) is 4.79 Å². The van der Waals surface area contributed by atoms with Crippen molar-refractivity contribution in [2.75, 3.05) is 19.6 Å². The minimum Gasteiger partial charge on any atom is -0.351 e. The Morgan fingerprint density at radius 2 is 1.90 bits per heavy atom. The number of aromatic nitrogens is 1. The molecule has 21 heavy (non-hydrogen) atoms. The first kappa shape index (κ1) is 15.2. The first-order chi connectivity index (χ1) is 10.3. The minimum absolute atomic E-state index is 0.0240. The predicted octanol–water partition coefficient (Wildman–Crippen LogP) is 1.95. The fourth-order valence-electron chi connectivity index (χ4n) is 1.98. The van der Waals surface area contributed by atoms with Gasteiger partial charge in [0.05, 0.1) is 0 Å². The van der Waals surface area contributed by atoms with Crippen LogP contribution >= 0.6 is 0 Å². The van der Waals surface area contributed by atoms with Crippen LogP contribution in [0.25, 0.3) is 0 Å². The van der Waals surface area contributed by atoms with Gasteiger partial charge >= 0.3 is 0 Å². The molecule has 1 aromatic carbocycles. The van der Waals surface area contributed by atoms with Crippen molar-refractivity contribution in [1.29, 1.82) is 0 Å². The van der Waals surface area contributed by atoms with Crippen LogP contribution in [0.1, 0.15) is 21.5 Å². The van der Waals surface area contributed by atoms with E-state index in [1.807, 2.05) is 43.5 Å². The number of carbonyl (C=O) groups is 1.